The number of anilines is 1. The zero-order valence-corrected chi connectivity index (χ0v) is 30.9. The Hall–Kier alpha value is -6.09. The molecule has 3 fully saturated rings. The Kier molecular flexibility index (Phi) is 9.33. The monoisotopic (exact) mass is 747 g/mol. The predicted octanol–water partition coefficient (Wildman–Crippen LogP) is 2.19. The van der Waals surface area contributed by atoms with Crippen molar-refractivity contribution in [1.29, 1.82) is 0 Å². The van der Waals surface area contributed by atoms with Crippen molar-refractivity contribution in [3.05, 3.63) is 82.0 Å². The first-order chi connectivity index (χ1) is 26.5. The largest absolute Gasteiger partial charge is 0.496 e. The summed E-state index contributed by atoms with van der Waals surface area (Å²) in [7, 11) is 4.98. The van der Waals surface area contributed by atoms with Gasteiger partial charge in [-0.2, -0.15) is 0 Å². The van der Waals surface area contributed by atoms with Crippen LogP contribution in [0.15, 0.2) is 59.8 Å². The number of carbonyl (C=O) groups excluding carboxylic acids is 5. The molecule has 15 heteroatoms. The number of aryl methyl sites for hydroxylation is 1. The summed E-state index contributed by atoms with van der Waals surface area (Å²) in [6.07, 6.45) is 5.69. The number of hydrogen-bond acceptors (Lipinski definition) is 11. The number of carbonyl (C=O) groups is 5. The number of imide groups is 2. The van der Waals surface area contributed by atoms with Crippen LogP contribution in [0.1, 0.15) is 45.5 Å². The molecule has 15 nitrogen and oxygen atoms in total. The van der Waals surface area contributed by atoms with Gasteiger partial charge in [0.1, 0.15) is 17.5 Å². The van der Waals surface area contributed by atoms with Gasteiger partial charge < -0.3 is 23.8 Å². The van der Waals surface area contributed by atoms with Gasteiger partial charge in [-0.15, -0.1) is 0 Å². The molecule has 0 saturated carbocycles. The molecule has 4 aromatic rings. The van der Waals surface area contributed by atoms with E-state index in [0.29, 0.717) is 56.0 Å². The maximum atomic E-state index is 13.4. The number of aromatic nitrogens is 2. The Labute approximate surface area is 316 Å². The summed E-state index contributed by atoms with van der Waals surface area (Å²) in [6, 6.07) is 9.85. The maximum absolute atomic E-state index is 13.4. The maximum Gasteiger partial charge on any atom is 0.262 e. The number of likely N-dealkylation sites (tertiary alicyclic amines) is 1. The number of amides is 5. The van der Waals surface area contributed by atoms with Crippen molar-refractivity contribution in [2.75, 3.05) is 58.4 Å². The molecule has 1 atom stereocenters. The highest BCUT2D eigenvalue weighted by molar-refractivity contribution is 6.23. The molecule has 2 aromatic heterocycles. The van der Waals surface area contributed by atoms with E-state index in [0.717, 1.165) is 45.8 Å². The number of nitrogens with one attached hydrogen (secondary N) is 1. The van der Waals surface area contributed by atoms with Gasteiger partial charge in [-0.1, -0.05) is 0 Å². The number of hydrogen-bond donors (Lipinski definition) is 1. The second-order valence-electron chi connectivity index (χ2n) is 14.5. The second-order valence-corrected chi connectivity index (χ2v) is 14.5. The number of pyridine rings is 2. The van der Waals surface area contributed by atoms with Crippen LogP contribution in [-0.2, 0) is 28.0 Å². The number of fused-ring (bicyclic) bond motifs is 2. The Morgan fingerprint density at radius 2 is 1.58 bits per heavy atom. The Balaban J connectivity index is 0.861. The molecule has 284 valence electrons. The average molecular weight is 748 g/mol. The van der Waals surface area contributed by atoms with Crippen LogP contribution >= 0.6 is 0 Å². The molecule has 6 heterocycles. The van der Waals surface area contributed by atoms with Gasteiger partial charge in [-0.3, -0.25) is 48.9 Å². The van der Waals surface area contributed by atoms with E-state index < -0.39 is 29.7 Å². The summed E-state index contributed by atoms with van der Waals surface area (Å²) < 4.78 is 13.3. The third kappa shape index (κ3) is 6.47. The number of benzene rings is 2. The van der Waals surface area contributed by atoms with E-state index in [-0.39, 0.29) is 41.4 Å². The molecule has 8 rings (SSSR count). The van der Waals surface area contributed by atoms with Crippen LogP contribution in [0.5, 0.6) is 11.5 Å². The Bertz CT molecular complexity index is 2300. The van der Waals surface area contributed by atoms with E-state index in [1.54, 1.807) is 56.4 Å². The number of ether oxygens (including phenoxy) is 2. The average Bonchev–Trinajstić information content (AvgIpc) is 3.43. The van der Waals surface area contributed by atoms with Crippen LogP contribution in [0.4, 0.5) is 5.69 Å². The SMILES string of the molecule is COc1cc(-c2cn(C)c(=O)c3cnccc23)cc(OC)c1CN1CC(CC(=O)N2CCN(c3ccc4c(c3)C(=O)N(C3CCC(=O)NC3=O)C4=O)CC2)C1. The normalized spacial score (nSPS) is 19.1. The minimum atomic E-state index is -1.01. The van der Waals surface area contributed by atoms with E-state index in [2.05, 4.69) is 20.1 Å². The molecule has 1 unspecified atom stereocenters. The van der Waals surface area contributed by atoms with Crippen molar-refractivity contribution in [2.24, 2.45) is 13.0 Å². The summed E-state index contributed by atoms with van der Waals surface area (Å²) in [4.78, 5) is 87.9. The van der Waals surface area contributed by atoms with Crippen molar-refractivity contribution in [3.63, 3.8) is 0 Å². The van der Waals surface area contributed by atoms with Crippen LogP contribution < -0.4 is 25.2 Å². The molecule has 2 aromatic carbocycles. The fraction of sp³-hybridized carbons (Fsp3) is 0.375. The minimum Gasteiger partial charge on any atom is -0.496 e. The Morgan fingerprint density at radius 1 is 0.873 bits per heavy atom. The minimum absolute atomic E-state index is 0.0639. The first-order valence-electron chi connectivity index (χ1n) is 18.3. The van der Waals surface area contributed by atoms with E-state index in [4.69, 9.17) is 9.47 Å². The number of piperidine rings is 1. The second kappa shape index (κ2) is 14.3. The molecule has 0 bridgehead atoms. The molecule has 0 radical (unpaired) electrons. The van der Waals surface area contributed by atoms with Crippen LogP contribution in [0.3, 0.4) is 0 Å². The molecule has 4 aliphatic rings. The lowest BCUT2D eigenvalue weighted by molar-refractivity contribution is -0.136. The van der Waals surface area contributed by atoms with Gasteiger partial charge >= 0.3 is 0 Å². The van der Waals surface area contributed by atoms with Crippen LogP contribution in [0, 0.1) is 5.92 Å². The van der Waals surface area contributed by atoms with Crippen molar-refractivity contribution >= 4 is 46.0 Å². The van der Waals surface area contributed by atoms with Gasteiger partial charge in [-0.25, -0.2) is 0 Å². The highest BCUT2D eigenvalue weighted by Gasteiger charge is 2.45. The molecule has 0 spiro atoms. The van der Waals surface area contributed by atoms with Crippen LogP contribution in [0.2, 0.25) is 0 Å². The van der Waals surface area contributed by atoms with Gasteiger partial charge in [0.15, 0.2) is 0 Å². The lowest BCUT2D eigenvalue weighted by Crippen LogP contribution is -2.54. The van der Waals surface area contributed by atoms with Gasteiger partial charge in [0.2, 0.25) is 17.7 Å². The van der Waals surface area contributed by atoms with Crippen molar-refractivity contribution in [3.8, 4) is 22.6 Å². The van der Waals surface area contributed by atoms with Gasteiger partial charge in [-0.05, 0) is 59.7 Å². The summed E-state index contributed by atoms with van der Waals surface area (Å²) in [5.74, 6) is -0.449. The fourth-order valence-corrected chi connectivity index (χ4v) is 8.24. The van der Waals surface area contributed by atoms with Crippen molar-refractivity contribution in [1.82, 2.24) is 29.6 Å². The lowest BCUT2D eigenvalue weighted by Gasteiger charge is -2.41. The molecule has 1 N–H and O–H groups in total. The molecule has 3 saturated heterocycles. The first kappa shape index (κ1) is 35.9. The predicted molar refractivity (Wildman–Crippen MR) is 201 cm³/mol. The summed E-state index contributed by atoms with van der Waals surface area (Å²) >= 11 is 0. The molecule has 4 aliphatic heterocycles. The first-order valence-corrected chi connectivity index (χ1v) is 18.3. The molecule has 55 heavy (non-hydrogen) atoms. The van der Waals surface area contributed by atoms with Crippen molar-refractivity contribution in [2.45, 2.75) is 31.8 Å². The van der Waals surface area contributed by atoms with Gasteiger partial charge in [0, 0.05) is 95.5 Å². The highest BCUT2D eigenvalue weighted by atomic mass is 16.5. The third-order valence-corrected chi connectivity index (χ3v) is 11.2. The number of piperazine rings is 1. The van der Waals surface area contributed by atoms with Gasteiger partial charge in [0.25, 0.3) is 17.4 Å². The van der Waals surface area contributed by atoms with E-state index >= 15 is 0 Å². The zero-order chi connectivity index (χ0) is 38.5. The molecule has 0 aliphatic carbocycles. The van der Waals surface area contributed by atoms with Crippen molar-refractivity contribution < 1.29 is 33.4 Å². The molecular formula is C40H41N7O8. The molecular weight excluding hydrogens is 706 g/mol. The smallest absolute Gasteiger partial charge is 0.262 e. The lowest BCUT2D eigenvalue weighted by atomic mass is 9.93. The quantitative estimate of drug-likeness (QED) is 0.250. The summed E-state index contributed by atoms with van der Waals surface area (Å²) in [5.41, 5.74) is 3.76. The number of methoxy groups -OCH3 is 2. The number of rotatable bonds is 9. The fourth-order valence-electron chi connectivity index (χ4n) is 8.24. The standard InChI is InChI=1S/C40H41N7O8/c1-43-21-30(26-8-9-41-18-29(26)38(43)51)24-15-33(54-2)31(34(16-24)55-3)22-44-19-23(20-44)14-36(49)46-12-10-45(11-13-46)25-4-5-27-28(17-25)40(53)47(39(27)52)32-6-7-35(48)42-37(32)50/h4-5,8-9,15-18,21,23,32H,6-7,10-14,19-20,22H2,1-3H3,(H,42,48,50). The van der Waals surface area contributed by atoms with E-state index in [1.165, 1.54) is 0 Å². The summed E-state index contributed by atoms with van der Waals surface area (Å²) in [5, 5.41) is 3.55. The highest BCUT2D eigenvalue weighted by Crippen LogP contribution is 2.39. The molecule has 5 amide bonds. The third-order valence-electron chi connectivity index (χ3n) is 11.2. The number of nitrogens with zero attached hydrogens (tertiary/aromatic N) is 6. The summed E-state index contributed by atoms with van der Waals surface area (Å²) in [6.45, 7) is 4.32. The topological polar surface area (TPSA) is 164 Å². The van der Waals surface area contributed by atoms with E-state index in [1.807, 2.05) is 29.3 Å². The van der Waals surface area contributed by atoms with E-state index in [9.17, 15) is 28.8 Å². The van der Waals surface area contributed by atoms with Gasteiger partial charge in [0.05, 0.1) is 36.3 Å². The Morgan fingerprint density at radius 3 is 2.27 bits per heavy atom. The zero-order valence-electron chi connectivity index (χ0n) is 30.9. The van der Waals surface area contributed by atoms with Crippen LogP contribution in [0.25, 0.3) is 21.9 Å². The van der Waals surface area contributed by atoms with Crippen LogP contribution in [-0.4, -0.2) is 113 Å².